The molecule has 1 aliphatic carbocycles. The van der Waals surface area contributed by atoms with Crippen LogP contribution < -0.4 is 0 Å². The second-order valence-electron chi connectivity index (χ2n) is 4.86. The summed E-state index contributed by atoms with van der Waals surface area (Å²) < 4.78 is 5.48. The molecule has 2 rings (SSSR count). The van der Waals surface area contributed by atoms with Gasteiger partial charge >= 0.3 is 5.97 Å². The van der Waals surface area contributed by atoms with Crippen molar-refractivity contribution in [3.05, 3.63) is 0 Å². The molecule has 0 aromatic carbocycles. The zero-order valence-corrected chi connectivity index (χ0v) is 9.15. The molecule has 2 fully saturated rings. The average Bonchev–Trinajstić information content (AvgIpc) is 2.15. The first-order valence-electron chi connectivity index (χ1n) is 6.11. The summed E-state index contributed by atoms with van der Waals surface area (Å²) in [6.45, 7) is 0.827. The van der Waals surface area contributed by atoms with Crippen molar-refractivity contribution >= 4 is 5.97 Å². The van der Waals surface area contributed by atoms with E-state index < -0.39 is 5.97 Å². The molecule has 3 heteroatoms. The van der Waals surface area contributed by atoms with Crippen LogP contribution in [-0.2, 0) is 9.53 Å². The lowest BCUT2D eigenvalue weighted by molar-refractivity contribution is -0.146. The van der Waals surface area contributed by atoms with E-state index in [1.54, 1.807) is 0 Å². The van der Waals surface area contributed by atoms with Crippen molar-refractivity contribution in [3.63, 3.8) is 0 Å². The molecule has 1 saturated heterocycles. The van der Waals surface area contributed by atoms with Crippen LogP contribution in [-0.4, -0.2) is 23.8 Å². The van der Waals surface area contributed by atoms with Crippen molar-refractivity contribution in [1.82, 2.24) is 0 Å². The summed E-state index contributed by atoms with van der Waals surface area (Å²) in [5.41, 5.74) is 0. The minimum Gasteiger partial charge on any atom is -0.481 e. The van der Waals surface area contributed by atoms with Gasteiger partial charge in [0.15, 0.2) is 0 Å². The van der Waals surface area contributed by atoms with Gasteiger partial charge in [-0.15, -0.1) is 0 Å². The monoisotopic (exact) mass is 212 g/mol. The number of hydrogen-bond acceptors (Lipinski definition) is 2. The standard InChI is InChI=1S/C12H20O3/c13-12(14)8-10(11-6-7-15-11)9-4-2-1-3-5-9/h9-11H,1-8H2,(H,13,14). The Morgan fingerprint density at radius 1 is 1.27 bits per heavy atom. The molecule has 2 aliphatic rings. The largest absolute Gasteiger partial charge is 0.481 e. The highest BCUT2D eigenvalue weighted by molar-refractivity contribution is 5.67. The van der Waals surface area contributed by atoms with E-state index in [1.165, 1.54) is 32.1 Å². The molecule has 86 valence electrons. The van der Waals surface area contributed by atoms with Crippen molar-refractivity contribution in [1.29, 1.82) is 0 Å². The molecule has 2 atom stereocenters. The molecule has 1 heterocycles. The van der Waals surface area contributed by atoms with Gasteiger partial charge in [0, 0.05) is 6.61 Å². The maximum atomic E-state index is 10.8. The number of ether oxygens (including phenoxy) is 1. The Morgan fingerprint density at radius 3 is 2.40 bits per heavy atom. The molecule has 15 heavy (non-hydrogen) atoms. The molecule has 0 aromatic heterocycles. The van der Waals surface area contributed by atoms with E-state index in [2.05, 4.69) is 0 Å². The van der Waals surface area contributed by atoms with E-state index in [0.29, 0.717) is 12.3 Å². The van der Waals surface area contributed by atoms with Gasteiger partial charge < -0.3 is 9.84 Å². The number of rotatable bonds is 4. The molecular weight excluding hydrogens is 192 g/mol. The molecule has 0 radical (unpaired) electrons. The topological polar surface area (TPSA) is 46.5 Å². The number of carboxylic acid groups (broad SMARTS) is 1. The summed E-state index contributed by atoms with van der Waals surface area (Å²) in [6, 6.07) is 0. The third kappa shape index (κ3) is 2.71. The first kappa shape index (κ1) is 10.9. The fraction of sp³-hybridized carbons (Fsp3) is 0.917. The Hall–Kier alpha value is -0.570. The molecule has 3 nitrogen and oxygen atoms in total. The number of carbonyl (C=O) groups is 1. The van der Waals surface area contributed by atoms with Crippen molar-refractivity contribution in [2.75, 3.05) is 6.61 Å². The molecular formula is C12H20O3. The Bertz CT molecular complexity index is 217. The molecule has 2 unspecified atom stereocenters. The third-order valence-corrected chi connectivity index (χ3v) is 3.88. The third-order valence-electron chi connectivity index (χ3n) is 3.88. The van der Waals surface area contributed by atoms with Gasteiger partial charge in [-0.2, -0.15) is 0 Å². The van der Waals surface area contributed by atoms with Crippen LogP contribution in [0.4, 0.5) is 0 Å². The highest BCUT2D eigenvalue weighted by Crippen LogP contribution is 2.37. The summed E-state index contributed by atoms with van der Waals surface area (Å²) >= 11 is 0. The molecule has 0 aromatic rings. The van der Waals surface area contributed by atoms with Crippen LogP contribution in [0.1, 0.15) is 44.9 Å². The Balaban J connectivity index is 1.92. The lowest BCUT2D eigenvalue weighted by atomic mass is 9.74. The van der Waals surface area contributed by atoms with Crippen LogP contribution in [0.25, 0.3) is 0 Å². The second kappa shape index (κ2) is 4.97. The normalized spacial score (nSPS) is 29.5. The first-order chi connectivity index (χ1) is 7.27. The maximum absolute atomic E-state index is 10.8. The maximum Gasteiger partial charge on any atom is 0.303 e. The molecule has 0 bridgehead atoms. The smallest absolute Gasteiger partial charge is 0.303 e. The van der Waals surface area contributed by atoms with E-state index in [1.807, 2.05) is 0 Å². The Morgan fingerprint density at radius 2 is 1.93 bits per heavy atom. The van der Waals surface area contributed by atoms with Gasteiger partial charge in [0.1, 0.15) is 0 Å². The Kier molecular flexibility index (Phi) is 3.62. The summed E-state index contributed by atoms with van der Waals surface area (Å²) in [5, 5.41) is 8.93. The summed E-state index contributed by atoms with van der Waals surface area (Å²) in [5.74, 6) is 0.206. The first-order valence-corrected chi connectivity index (χ1v) is 6.11. The van der Waals surface area contributed by atoms with Gasteiger partial charge in [-0.25, -0.2) is 0 Å². The molecule has 1 N–H and O–H groups in total. The highest BCUT2D eigenvalue weighted by Gasteiger charge is 2.36. The number of carboxylic acids is 1. The van der Waals surface area contributed by atoms with Crippen molar-refractivity contribution in [3.8, 4) is 0 Å². The lowest BCUT2D eigenvalue weighted by Crippen LogP contribution is -2.40. The van der Waals surface area contributed by atoms with Gasteiger partial charge in [0.2, 0.25) is 0 Å². The van der Waals surface area contributed by atoms with Gasteiger partial charge in [0.05, 0.1) is 12.5 Å². The van der Waals surface area contributed by atoms with E-state index in [9.17, 15) is 4.79 Å². The van der Waals surface area contributed by atoms with E-state index in [-0.39, 0.29) is 12.0 Å². The number of hydrogen-bond donors (Lipinski definition) is 1. The van der Waals surface area contributed by atoms with E-state index >= 15 is 0 Å². The summed E-state index contributed by atoms with van der Waals surface area (Å²) in [6.07, 6.45) is 7.88. The van der Waals surface area contributed by atoms with Gasteiger partial charge in [0.25, 0.3) is 0 Å². The van der Waals surface area contributed by atoms with Crippen LogP contribution in [0.5, 0.6) is 0 Å². The predicted molar refractivity (Wildman–Crippen MR) is 56.7 cm³/mol. The fourth-order valence-electron chi connectivity index (χ4n) is 2.96. The lowest BCUT2D eigenvalue weighted by Gasteiger charge is -2.39. The van der Waals surface area contributed by atoms with Crippen LogP contribution in [0.2, 0.25) is 0 Å². The zero-order chi connectivity index (χ0) is 10.7. The fourth-order valence-corrected chi connectivity index (χ4v) is 2.96. The van der Waals surface area contributed by atoms with Crippen molar-refractivity contribution in [2.24, 2.45) is 11.8 Å². The molecule has 0 amide bonds. The van der Waals surface area contributed by atoms with Crippen LogP contribution in [0.3, 0.4) is 0 Å². The average molecular weight is 212 g/mol. The summed E-state index contributed by atoms with van der Waals surface area (Å²) in [7, 11) is 0. The van der Waals surface area contributed by atoms with Crippen LogP contribution >= 0.6 is 0 Å². The zero-order valence-electron chi connectivity index (χ0n) is 9.15. The van der Waals surface area contributed by atoms with Crippen LogP contribution in [0, 0.1) is 11.8 Å². The molecule has 1 aliphatic heterocycles. The van der Waals surface area contributed by atoms with Gasteiger partial charge in [-0.1, -0.05) is 32.1 Å². The quantitative estimate of drug-likeness (QED) is 0.778. The van der Waals surface area contributed by atoms with Crippen molar-refractivity contribution < 1.29 is 14.6 Å². The van der Waals surface area contributed by atoms with E-state index in [4.69, 9.17) is 9.84 Å². The summed E-state index contributed by atoms with van der Waals surface area (Å²) in [4.78, 5) is 10.8. The molecule has 1 saturated carbocycles. The van der Waals surface area contributed by atoms with Gasteiger partial charge in [-0.05, 0) is 18.3 Å². The minimum atomic E-state index is -0.666. The predicted octanol–water partition coefficient (Wildman–Crippen LogP) is 2.45. The second-order valence-corrected chi connectivity index (χ2v) is 4.86. The highest BCUT2D eigenvalue weighted by atomic mass is 16.5. The Labute approximate surface area is 90.8 Å². The molecule has 0 spiro atoms. The van der Waals surface area contributed by atoms with Crippen molar-refractivity contribution in [2.45, 2.75) is 51.0 Å². The van der Waals surface area contributed by atoms with Gasteiger partial charge in [-0.3, -0.25) is 4.79 Å². The van der Waals surface area contributed by atoms with Crippen LogP contribution in [0.15, 0.2) is 0 Å². The minimum absolute atomic E-state index is 0.240. The SMILES string of the molecule is O=C(O)CC(C1CCCCC1)C1CCO1. The van der Waals surface area contributed by atoms with E-state index in [0.717, 1.165) is 13.0 Å². The number of aliphatic carboxylic acids is 1.